The van der Waals surface area contributed by atoms with E-state index in [0.29, 0.717) is 6.54 Å². The van der Waals surface area contributed by atoms with Crippen LogP contribution >= 0.6 is 0 Å². The summed E-state index contributed by atoms with van der Waals surface area (Å²) in [7, 11) is 1.56. The molecule has 0 rings (SSSR count). The van der Waals surface area contributed by atoms with Gasteiger partial charge in [0.1, 0.15) is 5.54 Å². The number of alkyl halides is 3. The fourth-order valence-corrected chi connectivity index (χ4v) is 1.98. The fraction of sp³-hybridized carbons (Fsp3) is 1.00. The van der Waals surface area contributed by atoms with Gasteiger partial charge < -0.3 is 0 Å². The summed E-state index contributed by atoms with van der Waals surface area (Å²) in [5.41, 5.74) is -1.73. The highest BCUT2D eigenvalue weighted by Crippen LogP contribution is 2.34. The van der Waals surface area contributed by atoms with Crippen molar-refractivity contribution in [2.75, 3.05) is 13.6 Å². The molecule has 19 heavy (non-hydrogen) atoms. The lowest BCUT2D eigenvalue weighted by Crippen LogP contribution is -2.52. The van der Waals surface area contributed by atoms with Crippen molar-refractivity contribution >= 4 is 0 Å². The van der Waals surface area contributed by atoms with Crippen LogP contribution in [0.3, 0.4) is 0 Å². The van der Waals surface area contributed by atoms with Gasteiger partial charge in [-0.15, -0.1) is 0 Å². The zero-order chi connectivity index (χ0) is 14.9. The van der Waals surface area contributed by atoms with E-state index < -0.39 is 11.7 Å². The minimum atomic E-state index is -4.16. The Hall–Kier alpha value is -0.250. The van der Waals surface area contributed by atoms with Crippen LogP contribution in [0, 0.1) is 0 Å². The maximum Gasteiger partial charge on any atom is 0.406 e. The number of unbranched alkanes of at least 4 members (excludes halogenated alkanes) is 7. The Kier molecular flexibility index (Phi) is 8.71. The van der Waals surface area contributed by atoms with Crippen molar-refractivity contribution in [3.05, 3.63) is 0 Å². The van der Waals surface area contributed by atoms with E-state index >= 15 is 0 Å². The van der Waals surface area contributed by atoms with Crippen molar-refractivity contribution in [2.24, 2.45) is 0 Å². The second-order valence-corrected chi connectivity index (χ2v) is 5.95. The van der Waals surface area contributed by atoms with Gasteiger partial charge in [-0.05, 0) is 33.9 Å². The molecule has 0 aliphatic rings. The highest BCUT2D eigenvalue weighted by molar-refractivity contribution is 4.86. The molecule has 0 atom stereocenters. The smallest absolute Gasteiger partial charge is 0.293 e. The van der Waals surface area contributed by atoms with Crippen LogP contribution in [0.2, 0.25) is 0 Å². The highest BCUT2D eigenvalue weighted by atomic mass is 19.4. The SMILES string of the molecule is CCCCCCCCCCN(C)C(C)(C)C(F)(F)F. The van der Waals surface area contributed by atoms with Crippen molar-refractivity contribution in [2.45, 2.75) is 83.9 Å². The number of nitrogens with zero attached hydrogens (tertiary/aromatic N) is 1. The van der Waals surface area contributed by atoms with Gasteiger partial charge in [-0.2, -0.15) is 13.2 Å². The van der Waals surface area contributed by atoms with Crippen LogP contribution < -0.4 is 0 Å². The molecule has 0 unspecified atom stereocenters. The van der Waals surface area contributed by atoms with Gasteiger partial charge in [-0.1, -0.05) is 51.9 Å². The first-order chi connectivity index (χ1) is 8.73. The minimum absolute atomic E-state index is 0.515. The number of halogens is 3. The van der Waals surface area contributed by atoms with Gasteiger partial charge in [0, 0.05) is 0 Å². The minimum Gasteiger partial charge on any atom is -0.293 e. The van der Waals surface area contributed by atoms with E-state index in [1.165, 1.54) is 50.9 Å². The largest absolute Gasteiger partial charge is 0.406 e. The van der Waals surface area contributed by atoms with Crippen LogP contribution in [0.15, 0.2) is 0 Å². The second-order valence-electron chi connectivity index (χ2n) is 5.95. The third kappa shape index (κ3) is 7.19. The molecule has 0 aliphatic heterocycles. The second kappa shape index (κ2) is 8.83. The van der Waals surface area contributed by atoms with Crippen LogP contribution in [0.25, 0.3) is 0 Å². The summed E-state index contributed by atoms with van der Waals surface area (Å²) in [5, 5.41) is 0. The molecule has 0 radical (unpaired) electrons. The number of hydrogen-bond donors (Lipinski definition) is 0. The van der Waals surface area contributed by atoms with E-state index in [0.717, 1.165) is 19.3 Å². The summed E-state index contributed by atoms with van der Waals surface area (Å²) >= 11 is 0. The van der Waals surface area contributed by atoms with Crippen molar-refractivity contribution in [3.63, 3.8) is 0 Å². The lowest BCUT2D eigenvalue weighted by atomic mass is 10.0. The Morgan fingerprint density at radius 2 is 1.21 bits per heavy atom. The lowest BCUT2D eigenvalue weighted by molar-refractivity contribution is -0.216. The molecule has 0 saturated carbocycles. The maximum absolute atomic E-state index is 12.8. The molecule has 0 heterocycles. The maximum atomic E-state index is 12.8. The van der Waals surface area contributed by atoms with Gasteiger partial charge in [0.2, 0.25) is 0 Å². The standard InChI is InChI=1S/C15H30F3N/c1-5-6-7-8-9-10-11-12-13-19(4)14(2,3)15(16,17)18/h5-13H2,1-4H3. The molecule has 0 aromatic carbocycles. The molecule has 0 saturated heterocycles. The molecule has 0 aromatic heterocycles. The molecule has 0 fully saturated rings. The Labute approximate surface area is 116 Å². The summed E-state index contributed by atoms with van der Waals surface area (Å²) in [6.07, 6.45) is 5.17. The molecule has 0 amide bonds. The molecule has 0 aromatic rings. The first-order valence-electron chi connectivity index (χ1n) is 7.51. The fourth-order valence-electron chi connectivity index (χ4n) is 1.98. The van der Waals surface area contributed by atoms with Gasteiger partial charge in [0.15, 0.2) is 0 Å². The monoisotopic (exact) mass is 281 g/mol. The van der Waals surface area contributed by atoms with E-state index in [-0.39, 0.29) is 0 Å². The molecular weight excluding hydrogens is 251 g/mol. The van der Waals surface area contributed by atoms with E-state index in [2.05, 4.69) is 6.92 Å². The summed E-state index contributed by atoms with van der Waals surface area (Å²) < 4.78 is 38.4. The predicted molar refractivity (Wildman–Crippen MR) is 75.4 cm³/mol. The Morgan fingerprint density at radius 1 is 0.789 bits per heavy atom. The predicted octanol–water partition coefficient (Wildman–Crippen LogP) is 5.40. The first-order valence-corrected chi connectivity index (χ1v) is 7.51. The zero-order valence-electron chi connectivity index (χ0n) is 12.9. The molecule has 0 bridgehead atoms. The summed E-state index contributed by atoms with van der Waals surface area (Å²) in [5.74, 6) is 0. The van der Waals surface area contributed by atoms with E-state index in [1.807, 2.05) is 0 Å². The van der Waals surface area contributed by atoms with Gasteiger partial charge in [-0.25, -0.2) is 0 Å². The van der Waals surface area contributed by atoms with Gasteiger partial charge in [-0.3, -0.25) is 4.90 Å². The van der Waals surface area contributed by atoms with Crippen molar-refractivity contribution < 1.29 is 13.2 Å². The zero-order valence-corrected chi connectivity index (χ0v) is 12.9. The van der Waals surface area contributed by atoms with Crippen LogP contribution in [0.1, 0.15) is 72.1 Å². The summed E-state index contributed by atoms with van der Waals surface area (Å²) in [4.78, 5) is 1.42. The number of hydrogen-bond acceptors (Lipinski definition) is 1. The van der Waals surface area contributed by atoms with Crippen molar-refractivity contribution in [3.8, 4) is 0 Å². The molecule has 0 N–H and O–H groups in total. The molecule has 1 nitrogen and oxygen atoms in total. The molecular formula is C15H30F3N. The number of rotatable bonds is 10. The van der Waals surface area contributed by atoms with Crippen LogP contribution in [-0.4, -0.2) is 30.2 Å². The highest BCUT2D eigenvalue weighted by Gasteiger charge is 2.49. The average molecular weight is 281 g/mol. The molecule has 0 aliphatic carbocycles. The van der Waals surface area contributed by atoms with Gasteiger partial charge >= 0.3 is 6.18 Å². The van der Waals surface area contributed by atoms with Crippen LogP contribution in [-0.2, 0) is 0 Å². The normalized spacial score (nSPS) is 13.3. The average Bonchev–Trinajstić information content (AvgIpc) is 2.30. The summed E-state index contributed by atoms with van der Waals surface area (Å²) in [6.45, 7) is 5.20. The van der Waals surface area contributed by atoms with Crippen molar-refractivity contribution in [1.29, 1.82) is 0 Å². The van der Waals surface area contributed by atoms with Crippen LogP contribution in [0.4, 0.5) is 13.2 Å². The lowest BCUT2D eigenvalue weighted by Gasteiger charge is -2.37. The molecule has 116 valence electrons. The molecule has 4 heteroatoms. The third-order valence-corrected chi connectivity index (χ3v) is 4.00. The molecule has 0 spiro atoms. The van der Waals surface area contributed by atoms with E-state index in [1.54, 1.807) is 7.05 Å². The van der Waals surface area contributed by atoms with Gasteiger partial charge in [0.05, 0.1) is 0 Å². The Bertz CT molecular complexity index is 224. The first kappa shape index (κ1) is 18.8. The topological polar surface area (TPSA) is 3.24 Å². The Balaban J connectivity index is 3.67. The Morgan fingerprint density at radius 3 is 1.63 bits per heavy atom. The third-order valence-electron chi connectivity index (χ3n) is 4.00. The van der Waals surface area contributed by atoms with Crippen LogP contribution in [0.5, 0.6) is 0 Å². The van der Waals surface area contributed by atoms with Crippen molar-refractivity contribution in [1.82, 2.24) is 4.90 Å². The van der Waals surface area contributed by atoms with E-state index in [4.69, 9.17) is 0 Å². The quantitative estimate of drug-likeness (QED) is 0.485. The van der Waals surface area contributed by atoms with E-state index in [9.17, 15) is 13.2 Å². The summed E-state index contributed by atoms with van der Waals surface area (Å²) in [6, 6.07) is 0. The van der Waals surface area contributed by atoms with Gasteiger partial charge in [0.25, 0.3) is 0 Å².